The molecule has 1 unspecified atom stereocenters. The number of ether oxygens (including phenoxy) is 3. The average Bonchev–Trinajstić information content (AvgIpc) is 3.11. The average molecular weight is 396 g/mol. The van der Waals surface area contributed by atoms with Gasteiger partial charge in [0.05, 0.1) is 32.9 Å². The van der Waals surface area contributed by atoms with Crippen molar-refractivity contribution in [1.29, 1.82) is 0 Å². The van der Waals surface area contributed by atoms with Crippen molar-refractivity contribution in [3.05, 3.63) is 58.8 Å². The molecule has 6 heteroatoms. The maximum absolute atomic E-state index is 12.5. The smallest absolute Gasteiger partial charge is 0.374 e. The minimum atomic E-state index is -0.401. The molecule has 1 atom stereocenters. The Morgan fingerprint density at radius 3 is 2.55 bits per heavy atom. The van der Waals surface area contributed by atoms with Gasteiger partial charge in [-0.15, -0.1) is 0 Å². The van der Waals surface area contributed by atoms with Crippen LogP contribution in [0, 0.1) is 0 Å². The molecular weight excluding hydrogens is 370 g/mol. The quantitative estimate of drug-likeness (QED) is 0.649. The van der Waals surface area contributed by atoms with E-state index in [9.17, 15) is 4.79 Å². The fourth-order valence-corrected chi connectivity index (χ4v) is 4.07. The maximum Gasteiger partial charge on any atom is 0.374 e. The summed E-state index contributed by atoms with van der Waals surface area (Å²) < 4.78 is 22.0. The Bertz CT molecular complexity index is 1040. The SMILES string of the molecule is CCOC(=O)c1oc2ccccc2c1C[NH+]1CCc2cc(OC)c(OC)cc2C1. The van der Waals surface area contributed by atoms with Gasteiger partial charge in [-0.3, -0.25) is 0 Å². The molecule has 0 spiro atoms. The van der Waals surface area contributed by atoms with Crippen LogP contribution in [0.4, 0.5) is 0 Å². The molecule has 6 nitrogen and oxygen atoms in total. The van der Waals surface area contributed by atoms with E-state index in [-0.39, 0.29) is 0 Å². The number of benzene rings is 2. The van der Waals surface area contributed by atoms with Gasteiger partial charge in [0.2, 0.25) is 5.76 Å². The van der Waals surface area contributed by atoms with E-state index in [1.165, 1.54) is 16.0 Å². The molecule has 2 heterocycles. The summed E-state index contributed by atoms with van der Waals surface area (Å²) in [4.78, 5) is 13.8. The minimum absolute atomic E-state index is 0.318. The molecule has 0 saturated heterocycles. The summed E-state index contributed by atoms with van der Waals surface area (Å²) in [6, 6.07) is 11.9. The van der Waals surface area contributed by atoms with Crippen molar-refractivity contribution in [1.82, 2.24) is 0 Å². The first-order valence-electron chi connectivity index (χ1n) is 9.89. The summed E-state index contributed by atoms with van der Waals surface area (Å²) in [5.41, 5.74) is 4.16. The number of hydrogen-bond donors (Lipinski definition) is 1. The topological polar surface area (TPSA) is 62.3 Å². The lowest BCUT2D eigenvalue weighted by Crippen LogP contribution is -3.10. The van der Waals surface area contributed by atoms with Crippen LogP contribution in [0.15, 0.2) is 40.8 Å². The van der Waals surface area contributed by atoms with Crippen LogP contribution in [-0.2, 0) is 24.2 Å². The second kappa shape index (κ2) is 8.17. The first-order valence-corrected chi connectivity index (χ1v) is 9.89. The van der Waals surface area contributed by atoms with Crippen molar-refractivity contribution in [3.63, 3.8) is 0 Å². The van der Waals surface area contributed by atoms with Crippen molar-refractivity contribution >= 4 is 16.9 Å². The van der Waals surface area contributed by atoms with Gasteiger partial charge in [0, 0.05) is 17.4 Å². The van der Waals surface area contributed by atoms with Crippen LogP contribution in [-0.4, -0.2) is 33.3 Å². The normalized spacial score (nSPS) is 15.8. The molecule has 0 fully saturated rings. The molecule has 1 N–H and O–H groups in total. The van der Waals surface area contributed by atoms with E-state index in [0.717, 1.165) is 42.0 Å². The standard InChI is InChI=1S/C23H25NO5/c1-4-28-23(25)22-18(17-7-5-6-8-19(17)29-22)14-24-10-9-15-11-20(26-2)21(27-3)12-16(15)13-24/h5-8,11-12H,4,9-10,13-14H2,1-3H3/p+1. The number of hydrogen-bond acceptors (Lipinski definition) is 5. The molecular formula is C23H26NO5+. The second-order valence-electron chi connectivity index (χ2n) is 7.21. The molecule has 3 aromatic rings. The van der Waals surface area contributed by atoms with Gasteiger partial charge >= 0.3 is 5.97 Å². The van der Waals surface area contributed by atoms with Crippen LogP contribution in [0.25, 0.3) is 11.0 Å². The summed E-state index contributed by atoms with van der Waals surface area (Å²) in [7, 11) is 3.31. The number of esters is 1. The molecule has 0 amide bonds. The van der Waals surface area contributed by atoms with Gasteiger partial charge in [-0.05, 0) is 30.7 Å². The highest BCUT2D eigenvalue weighted by Gasteiger charge is 2.28. The summed E-state index contributed by atoms with van der Waals surface area (Å²) in [6.45, 7) is 4.62. The van der Waals surface area contributed by atoms with Crippen molar-refractivity contribution in [2.75, 3.05) is 27.4 Å². The van der Waals surface area contributed by atoms with Gasteiger partial charge in [0.25, 0.3) is 0 Å². The number of carbonyl (C=O) groups is 1. The van der Waals surface area contributed by atoms with E-state index in [1.807, 2.05) is 24.3 Å². The van der Waals surface area contributed by atoms with Crippen LogP contribution in [0.5, 0.6) is 11.5 Å². The molecule has 1 aliphatic heterocycles. The Hall–Kier alpha value is -2.99. The third-order valence-corrected chi connectivity index (χ3v) is 5.48. The number of carbonyl (C=O) groups excluding carboxylic acids is 1. The maximum atomic E-state index is 12.5. The minimum Gasteiger partial charge on any atom is -0.493 e. The van der Waals surface area contributed by atoms with Crippen molar-refractivity contribution in [2.24, 2.45) is 0 Å². The van der Waals surface area contributed by atoms with Gasteiger partial charge in [-0.25, -0.2) is 4.79 Å². The number of quaternary nitrogens is 1. The van der Waals surface area contributed by atoms with Gasteiger partial charge in [-0.1, -0.05) is 18.2 Å². The highest BCUT2D eigenvalue weighted by molar-refractivity contribution is 5.96. The number of furan rings is 1. The summed E-state index contributed by atoms with van der Waals surface area (Å²) in [6.07, 6.45) is 0.940. The molecule has 1 aromatic heterocycles. The number of rotatable bonds is 6. The van der Waals surface area contributed by atoms with Crippen LogP contribution in [0.1, 0.15) is 34.2 Å². The number of fused-ring (bicyclic) bond motifs is 2. The van der Waals surface area contributed by atoms with E-state index in [4.69, 9.17) is 18.6 Å². The molecule has 1 aliphatic rings. The molecule has 0 aliphatic carbocycles. The molecule has 0 radical (unpaired) electrons. The Morgan fingerprint density at radius 2 is 1.83 bits per heavy atom. The van der Waals surface area contributed by atoms with Gasteiger partial charge in [0.15, 0.2) is 11.5 Å². The zero-order chi connectivity index (χ0) is 20.4. The first kappa shape index (κ1) is 19.3. The lowest BCUT2D eigenvalue weighted by atomic mass is 9.98. The van der Waals surface area contributed by atoms with Crippen molar-refractivity contribution in [2.45, 2.75) is 26.4 Å². The Morgan fingerprint density at radius 1 is 1.10 bits per heavy atom. The number of methoxy groups -OCH3 is 2. The third-order valence-electron chi connectivity index (χ3n) is 5.48. The van der Waals surface area contributed by atoms with Gasteiger partial charge < -0.3 is 23.5 Å². The number of nitrogens with one attached hydrogen (secondary N) is 1. The second-order valence-corrected chi connectivity index (χ2v) is 7.21. The third kappa shape index (κ3) is 3.68. The molecule has 0 saturated carbocycles. The van der Waals surface area contributed by atoms with E-state index in [0.29, 0.717) is 24.5 Å². The monoisotopic (exact) mass is 396 g/mol. The zero-order valence-electron chi connectivity index (χ0n) is 17.0. The van der Waals surface area contributed by atoms with Gasteiger partial charge in [0.1, 0.15) is 18.7 Å². The van der Waals surface area contributed by atoms with Gasteiger partial charge in [-0.2, -0.15) is 0 Å². The summed E-state index contributed by atoms with van der Waals surface area (Å²) >= 11 is 0. The summed E-state index contributed by atoms with van der Waals surface area (Å²) in [5.74, 6) is 1.43. The first-order chi connectivity index (χ1) is 14.1. The Kier molecular flexibility index (Phi) is 5.45. The van der Waals surface area contributed by atoms with Crippen LogP contribution in [0.3, 0.4) is 0 Å². The van der Waals surface area contributed by atoms with Crippen LogP contribution in [0.2, 0.25) is 0 Å². The van der Waals surface area contributed by atoms with E-state index in [1.54, 1.807) is 21.1 Å². The largest absolute Gasteiger partial charge is 0.493 e. The number of para-hydroxylation sites is 1. The molecule has 0 bridgehead atoms. The lowest BCUT2D eigenvalue weighted by Gasteiger charge is -2.27. The van der Waals surface area contributed by atoms with E-state index >= 15 is 0 Å². The Balaban J connectivity index is 1.64. The predicted molar refractivity (Wildman–Crippen MR) is 109 cm³/mol. The van der Waals surface area contributed by atoms with Crippen molar-refractivity contribution < 1.29 is 28.3 Å². The van der Waals surface area contributed by atoms with E-state index in [2.05, 4.69) is 12.1 Å². The lowest BCUT2D eigenvalue weighted by molar-refractivity contribution is -0.929. The van der Waals surface area contributed by atoms with Crippen molar-refractivity contribution in [3.8, 4) is 11.5 Å². The summed E-state index contributed by atoms with van der Waals surface area (Å²) in [5, 5.41) is 0.973. The molecule has 152 valence electrons. The molecule has 2 aromatic carbocycles. The Labute approximate surface area is 170 Å². The molecule has 4 rings (SSSR count). The predicted octanol–water partition coefficient (Wildman–Crippen LogP) is 2.77. The van der Waals surface area contributed by atoms with E-state index < -0.39 is 5.97 Å². The highest BCUT2D eigenvalue weighted by Crippen LogP contribution is 2.31. The fourth-order valence-electron chi connectivity index (χ4n) is 4.07. The van der Waals surface area contributed by atoms with Crippen LogP contribution < -0.4 is 14.4 Å². The van der Waals surface area contributed by atoms with Crippen LogP contribution >= 0.6 is 0 Å². The zero-order valence-corrected chi connectivity index (χ0v) is 17.0. The molecule has 29 heavy (non-hydrogen) atoms. The highest BCUT2D eigenvalue weighted by atomic mass is 16.5. The fraction of sp³-hybridized carbons (Fsp3) is 0.348.